The summed E-state index contributed by atoms with van der Waals surface area (Å²) < 4.78 is 1.71. The van der Waals surface area contributed by atoms with Gasteiger partial charge in [0.2, 0.25) is 0 Å². The predicted octanol–water partition coefficient (Wildman–Crippen LogP) is 3.77. The minimum atomic E-state index is -0.0156. The van der Waals surface area contributed by atoms with Crippen LogP contribution in [0.25, 0.3) is 0 Å². The lowest BCUT2D eigenvalue weighted by atomic mass is 10.0. The molecular weight excluding hydrogens is 283 g/mol. The van der Waals surface area contributed by atoms with E-state index in [1.54, 1.807) is 22.9 Å². The number of aromatic nitrogens is 2. The molecule has 1 aromatic carbocycles. The first kappa shape index (κ1) is 14.1. The van der Waals surface area contributed by atoms with Crippen molar-refractivity contribution in [3.8, 4) is 0 Å². The lowest BCUT2D eigenvalue weighted by Gasteiger charge is -2.06. The third-order valence-corrected chi connectivity index (χ3v) is 3.90. The van der Waals surface area contributed by atoms with Crippen molar-refractivity contribution in [3.05, 3.63) is 50.8 Å². The molecule has 2 rings (SSSR count). The Labute approximate surface area is 122 Å². The number of nitrogens with zero attached hydrogens (tertiary/aromatic N) is 2. The van der Waals surface area contributed by atoms with Crippen LogP contribution in [0.3, 0.4) is 0 Å². The summed E-state index contributed by atoms with van der Waals surface area (Å²) in [6, 6.07) is 5.23. The normalized spacial score (nSPS) is 10.8. The average molecular weight is 297 g/mol. The Morgan fingerprint density at radius 2 is 1.84 bits per heavy atom. The van der Waals surface area contributed by atoms with E-state index in [9.17, 15) is 4.79 Å². The molecule has 2 aromatic rings. The van der Waals surface area contributed by atoms with Crippen molar-refractivity contribution < 1.29 is 4.79 Å². The maximum atomic E-state index is 12.4. The van der Waals surface area contributed by atoms with Crippen LogP contribution in [0.4, 0.5) is 0 Å². The van der Waals surface area contributed by atoms with Gasteiger partial charge in [-0.25, -0.2) is 0 Å². The molecule has 19 heavy (non-hydrogen) atoms. The topological polar surface area (TPSA) is 34.9 Å². The molecule has 0 radical (unpaired) electrons. The van der Waals surface area contributed by atoms with Crippen LogP contribution in [0.2, 0.25) is 10.0 Å². The zero-order chi connectivity index (χ0) is 14.2. The van der Waals surface area contributed by atoms with E-state index in [2.05, 4.69) is 5.10 Å². The Hall–Kier alpha value is -1.32. The van der Waals surface area contributed by atoms with Gasteiger partial charge in [0, 0.05) is 29.2 Å². The first-order valence-electron chi connectivity index (χ1n) is 5.88. The fraction of sp³-hybridized carbons (Fsp3) is 0.286. The van der Waals surface area contributed by atoms with Crippen molar-refractivity contribution >= 4 is 29.0 Å². The Morgan fingerprint density at radius 3 is 2.32 bits per heavy atom. The minimum absolute atomic E-state index is 0.0156. The van der Waals surface area contributed by atoms with E-state index < -0.39 is 0 Å². The Balaban J connectivity index is 2.36. The van der Waals surface area contributed by atoms with E-state index in [4.69, 9.17) is 23.2 Å². The van der Waals surface area contributed by atoms with Gasteiger partial charge in [0.25, 0.3) is 0 Å². The fourth-order valence-corrected chi connectivity index (χ4v) is 2.66. The molecule has 0 fully saturated rings. The monoisotopic (exact) mass is 296 g/mol. The summed E-state index contributed by atoms with van der Waals surface area (Å²) in [4.78, 5) is 12.4. The maximum absolute atomic E-state index is 12.4. The zero-order valence-electron chi connectivity index (χ0n) is 11.0. The highest BCUT2D eigenvalue weighted by molar-refractivity contribution is 6.36. The fourth-order valence-electron chi connectivity index (χ4n) is 2.13. The van der Waals surface area contributed by atoms with Crippen molar-refractivity contribution in [2.24, 2.45) is 7.05 Å². The highest BCUT2D eigenvalue weighted by Crippen LogP contribution is 2.26. The summed E-state index contributed by atoms with van der Waals surface area (Å²) in [7, 11) is 1.82. The van der Waals surface area contributed by atoms with Gasteiger partial charge < -0.3 is 0 Å². The molecule has 3 nitrogen and oxygen atoms in total. The lowest BCUT2D eigenvalue weighted by molar-refractivity contribution is 0.0991. The van der Waals surface area contributed by atoms with Gasteiger partial charge in [-0.05, 0) is 31.5 Å². The summed E-state index contributed by atoms with van der Waals surface area (Å²) in [6.07, 6.45) is 0.186. The average Bonchev–Trinajstić information content (AvgIpc) is 2.58. The van der Waals surface area contributed by atoms with E-state index in [0.29, 0.717) is 21.2 Å². The first-order chi connectivity index (χ1) is 8.91. The molecule has 0 aliphatic heterocycles. The standard InChI is InChI=1S/C14H14Cl2N2O/c1-8-14(9(2)18(3)17-8)13(19)7-10-11(15)5-4-6-12(10)16/h4-6H,7H2,1-3H3. The highest BCUT2D eigenvalue weighted by atomic mass is 35.5. The van der Waals surface area contributed by atoms with E-state index in [1.807, 2.05) is 20.9 Å². The number of rotatable bonds is 3. The number of halogens is 2. The predicted molar refractivity (Wildman–Crippen MR) is 77.2 cm³/mol. The van der Waals surface area contributed by atoms with Gasteiger partial charge in [-0.3, -0.25) is 9.48 Å². The van der Waals surface area contributed by atoms with Crippen molar-refractivity contribution in [2.75, 3.05) is 0 Å². The first-order valence-corrected chi connectivity index (χ1v) is 6.63. The second-order valence-electron chi connectivity index (χ2n) is 4.47. The van der Waals surface area contributed by atoms with E-state index in [-0.39, 0.29) is 12.2 Å². The Kier molecular flexibility index (Phi) is 3.97. The molecule has 0 saturated carbocycles. The molecule has 0 N–H and O–H groups in total. The number of carbonyl (C=O) groups excluding carboxylic acids is 1. The van der Waals surface area contributed by atoms with Crippen LogP contribution in [0.15, 0.2) is 18.2 Å². The smallest absolute Gasteiger partial charge is 0.171 e. The summed E-state index contributed by atoms with van der Waals surface area (Å²) in [6.45, 7) is 3.70. The van der Waals surface area contributed by atoms with Crippen LogP contribution in [-0.4, -0.2) is 15.6 Å². The van der Waals surface area contributed by atoms with Crippen molar-refractivity contribution in [1.29, 1.82) is 0 Å². The lowest BCUT2D eigenvalue weighted by Crippen LogP contribution is -2.07. The quantitative estimate of drug-likeness (QED) is 0.808. The van der Waals surface area contributed by atoms with Crippen LogP contribution in [0.1, 0.15) is 27.3 Å². The molecule has 0 atom stereocenters. The molecule has 0 saturated heterocycles. The molecule has 5 heteroatoms. The molecule has 1 heterocycles. The summed E-state index contributed by atoms with van der Waals surface area (Å²) in [5.41, 5.74) is 2.90. The van der Waals surface area contributed by atoms with Crippen molar-refractivity contribution in [1.82, 2.24) is 9.78 Å². The third kappa shape index (κ3) is 2.67. The van der Waals surface area contributed by atoms with Crippen LogP contribution >= 0.6 is 23.2 Å². The van der Waals surface area contributed by atoms with Gasteiger partial charge in [-0.15, -0.1) is 0 Å². The summed E-state index contributed by atoms with van der Waals surface area (Å²) in [5.74, 6) is -0.0156. The van der Waals surface area contributed by atoms with Gasteiger partial charge in [0.05, 0.1) is 11.3 Å². The Bertz CT molecular complexity index is 627. The van der Waals surface area contributed by atoms with Crippen molar-refractivity contribution in [2.45, 2.75) is 20.3 Å². The third-order valence-electron chi connectivity index (χ3n) is 3.19. The van der Waals surface area contributed by atoms with Crippen LogP contribution < -0.4 is 0 Å². The number of hydrogen-bond donors (Lipinski definition) is 0. The highest BCUT2D eigenvalue weighted by Gasteiger charge is 2.19. The van der Waals surface area contributed by atoms with Gasteiger partial charge in [0.1, 0.15) is 0 Å². The van der Waals surface area contributed by atoms with Crippen molar-refractivity contribution in [3.63, 3.8) is 0 Å². The number of aryl methyl sites for hydroxylation is 2. The molecule has 0 aliphatic rings. The molecule has 0 bridgehead atoms. The second-order valence-corrected chi connectivity index (χ2v) is 5.28. The van der Waals surface area contributed by atoms with Crippen LogP contribution in [-0.2, 0) is 13.5 Å². The number of benzene rings is 1. The van der Waals surface area contributed by atoms with Gasteiger partial charge in [-0.1, -0.05) is 29.3 Å². The van der Waals surface area contributed by atoms with E-state index in [1.165, 1.54) is 0 Å². The van der Waals surface area contributed by atoms with Gasteiger partial charge >= 0.3 is 0 Å². The molecule has 0 spiro atoms. The van der Waals surface area contributed by atoms with Crippen LogP contribution in [0, 0.1) is 13.8 Å². The number of ketones is 1. The zero-order valence-corrected chi connectivity index (χ0v) is 12.5. The molecule has 1 aromatic heterocycles. The van der Waals surface area contributed by atoms with Gasteiger partial charge in [0.15, 0.2) is 5.78 Å². The maximum Gasteiger partial charge on any atom is 0.171 e. The van der Waals surface area contributed by atoms with Crippen LogP contribution in [0.5, 0.6) is 0 Å². The molecule has 0 unspecified atom stereocenters. The van der Waals surface area contributed by atoms with Gasteiger partial charge in [-0.2, -0.15) is 5.10 Å². The summed E-state index contributed by atoms with van der Waals surface area (Å²) >= 11 is 12.2. The largest absolute Gasteiger partial charge is 0.294 e. The van der Waals surface area contributed by atoms with E-state index >= 15 is 0 Å². The number of Topliss-reactive ketones (excluding diaryl/α,β-unsaturated/α-hetero) is 1. The molecule has 100 valence electrons. The summed E-state index contributed by atoms with van der Waals surface area (Å²) in [5, 5.41) is 5.28. The Morgan fingerprint density at radius 1 is 1.26 bits per heavy atom. The number of carbonyl (C=O) groups is 1. The second kappa shape index (κ2) is 5.35. The minimum Gasteiger partial charge on any atom is -0.294 e. The van der Waals surface area contributed by atoms with E-state index in [0.717, 1.165) is 11.4 Å². The SMILES string of the molecule is Cc1nn(C)c(C)c1C(=O)Cc1c(Cl)cccc1Cl. The molecule has 0 aliphatic carbocycles. The molecule has 0 amide bonds. The number of hydrogen-bond acceptors (Lipinski definition) is 2. The molecular formula is C14H14Cl2N2O.